The third-order valence-electron chi connectivity index (χ3n) is 4.21. The Kier molecular flexibility index (Phi) is 4.19. The Morgan fingerprint density at radius 1 is 1.24 bits per heavy atom. The van der Waals surface area contributed by atoms with Crippen LogP contribution in [0, 0.1) is 17.1 Å². The summed E-state index contributed by atoms with van der Waals surface area (Å²) >= 11 is 5.98. The number of carbonyl (C=O) groups is 2. The molecule has 1 heterocycles. The molecule has 1 aliphatic heterocycles. The van der Waals surface area contributed by atoms with E-state index in [1.165, 1.54) is 12.1 Å². The van der Waals surface area contributed by atoms with Crippen molar-refractivity contribution in [2.24, 2.45) is 0 Å². The van der Waals surface area contributed by atoms with Crippen molar-refractivity contribution >= 4 is 23.5 Å². The maximum atomic E-state index is 13.2. The van der Waals surface area contributed by atoms with E-state index < -0.39 is 23.3 Å². The number of nitrogens with one attached hydrogen (secondary N) is 1. The molecule has 5 nitrogen and oxygen atoms in total. The monoisotopic (exact) mass is 357 g/mol. The maximum Gasteiger partial charge on any atom is 0.325 e. The van der Waals surface area contributed by atoms with Gasteiger partial charge in [0.15, 0.2) is 0 Å². The molecule has 7 heteroatoms. The van der Waals surface area contributed by atoms with E-state index in [1.54, 1.807) is 31.2 Å². The largest absolute Gasteiger partial charge is 0.325 e. The van der Waals surface area contributed by atoms with Crippen molar-refractivity contribution in [2.45, 2.75) is 19.0 Å². The summed E-state index contributed by atoms with van der Waals surface area (Å²) < 4.78 is 13.2. The number of carbonyl (C=O) groups excluding carboxylic acids is 2. The van der Waals surface area contributed by atoms with Crippen molar-refractivity contribution in [3.05, 3.63) is 70.0 Å². The molecule has 3 rings (SSSR count). The molecule has 0 saturated carbocycles. The van der Waals surface area contributed by atoms with Gasteiger partial charge in [-0.1, -0.05) is 29.8 Å². The number of urea groups is 1. The fourth-order valence-electron chi connectivity index (χ4n) is 2.73. The summed E-state index contributed by atoms with van der Waals surface area (Å²) in [6.07, 6.45) is 0. The number of nitrogens with zero attached hydrogens (tertiary/aromatic N) is 2. The Balaban J connectivity index is 1.89. The predicted molar refractivity (Wildman–Crippen MR) is 89.0 cm³/mol. The van der Waals surface area contributed by atoms with Gasteiger partial charge in [0.05, 0.1) is 18.2 Å². The van der Waals surface area contributed by atoms with Gasteiger partial charge >= 0.3 is 6.03 Å². The zero-order chi connectivity index (χ0) is 18.2. The molecule has 1 atom stereocenters. The number of nitriles is 1. The maximum absolute atomic E-state index is 13.2. The van der Waals surface area contributed by atoms with Crippen LogP contribution >= 0.6 is 11.6 Å². The molecule has 3 amide bonds. The number of hydrogen-bond acceptors (Lipinski definition) is 3. The quantitative estimate of drug-likeness (QED) is 0.856. The average molecular weight is 358 g/mol. The van der Waals surface area contributed by atoms with Crippen molar-refractivity contribution < 1.29 is 14.0 Å². The van der Waals surface area contributed by atoms with E-state index in [0.29, 0.717) is 16.7 Å². The Morgan fingerprint density at radius 3 is 2.52 bits per heavy atom. The number of hydrogen-bond donors (Lipinski definition) is 1. The van der Waals surface area contributed by atoms with Crippen LogP contribution in [0.15, 0.2) is 42.5 Å². The lowest BCUT2D eigenvalue weighted by Gasteiger charge is -2.22. The Morgan fingerprint density at radius 2 is 1.92 bits per heavy atom. The highest BCUT2D eigenvalue weighted by Crippen LogP contribution is 2.31. The number of imide groups is 1. The first-order chi connectivity index (χ1) is 11.8. The molecule has 0 spiro atoms. The van der Waals surface area contributed by atoms with Gasteiger partial charge in [-0.15, -0.1) is 0 Å². The molecule has 0 bridgehead atoms. The molecule has 0 aromatic heterocycles. The SMILES string of the molecule is CC1(c2ccc(C#N)cc2)NC(=O)N(Cc2ccc(F)cc2Cl)C1=O. The first-order valence-corrected chi connectivity index (χ1v) is 7.81. The molecule has 126 valence electrons. The van der Waals surface area contributed by atoms with Crippen LogP contribution in [0.3, 0.4) is 0 Å². The van der Waals surface area contributed by atoms with Crippen molar-refractivity contribution in [1.82, 2.24) is 10.2 Å². The van der Waals surface area contributed by atoms with Crippen molar-refractivity contribution in [3.63, 3.8) is 0 Å². The van der Waals surface area contributed by atoms with Gasteiger partial charge in [-0.25, -0.2) is 9.18 Å². The molecule has 1 aliphatic rings. The van der Waals surface area contributed by atoms with E-state index in [1.807, 2.05) is 6.07 Å². The topological polar surface area (TPSA) is 73.2 Å². The smallest absolute Gasteiger partial charge is 0.319 e. The summed E-state index contributed by atoms with van der Waals surface area (Å²) in [7, 11) is 0. The molecule has 2 aromatic rings. The molecule has 1 saturated heterocycles. The summed E-state index contributed by atoms with van der Waals surface area (Å²) in [6, 6.07) is 11.7. The number of amides is 3. The molecule has 2 aromatic carbocycles. The number of benzene rings is 2. The third kappa shape index (κ3) is 2.94. The molecule has 25 heavy (non-hydrogen) atoms. The van der Waals surface area contributed by atoms with E-state index in [0.717, 1.165) is 11.0 Å². The minimum absolute atomic E-state index is 0.0599. The first-order valence-electron chi connectivity index (χ1n) is 7.44. The molecular formula is C18H13ClFN3O2. The first kappa shape index (κ1) is 16.9. The second-order valence-corrected chi connectivity index (χ2v) is 6.28. The van der Waals surface area contributed by atoms with Crippen LogP contribution in [0.25, 0.3) is 0 Å². The van der Waals surface area contributed by atoms with E-state index in [4.69, 9.17) is 16.9 Å². The zero-order valence-electron chi connectivity index (χ0n) is 13.2. The van der Waals surface area contributed by atoms with Crippen LogP contribution in [-0.2, 0) is 16.9 Å². The van der Waals surface area contributed by atoms with Crippen LogP contribution in [0.5, 0.6) is 0 Å². The van der Waals surface area contributed by atoms with E-state index >= 15 is 0 Å². The minimum atomic E-state index is -1.24. The summed E-state index contributed by atoms with van der Waals surface area (Å²) in [5, 5.41) is 11.7. The van der Waals surface area contributed by atoms with Gasteiger partial charge < -0.3 is 5.32 Å². The lowest BCUT2D eigenvalue weighted by Crippen LogP contribution is -2.40. The van der Waals surface area contributed by atoms with Crippen LogP contribution in [0.2, 0.25) is 5.02 Å². The fraction of sp³-hybridized carbons (Fsp3) is 0.167. The normalized spacial score (nSPS) is 19.7. The second-order valence-electron chi connectivity index (χ2n) is 5.87. The molecular weight excluding hydrogens is 345 g/mol. The Bertz CT molecular complexity index is 908. The molecule has 1 N–H and O–H groups in total. The Hall–Kier alpha value is -2.91. The van der Waals surface area contributed by atoms with E-state index in [2.05, 4.69) is 5.32 Å². The highest BCUT2D eigenvalue weighted by Gasteiger charge is 2.48. The van der Waals surface area contributed by atoms with Gasteiger partial charge in [0, 0.05) is 5.02 Å². The van der Waals surface area contributed by atoms with E-state index in [9.17, 15) is 14.0 Å². The summed E-state index contributed by atoms with van der Waals surface area (Å²) in [6.45, 7) is 1.54. The van der Waals surface area contributed by atoms with Gasteiger partial charge in [0.25, 0.3) is 5.91 Å². The van der Waals surface area contributed by atoms with Gasteiger partial charge in [-0.3, -0.25) is 9.69 Å². The fourth-order valence-corrected chi connectivity index (χ4v) is 2.96. The van der Waals surface area contributed by atoms with Gasteiger partial charge in [-0.2, -0.15) is 5.26 Å². The summed E-state index contributed by atoms with van der Waals surface area (Å²) in [5.74, 6) is -0.934. The van der Waals surface area contributed by atoms with Crippen LogP contribution in [0.4, 0.5) is 9.18 Å². The van der Waals surface area contributed by atoms with Gasteiger partial charge in [0.2, 0.25) is 0 Å². The second kappa shape index (κ2) is 6.19. The molecule has 0 radical (unpaired) electrons. The standard InChI is InChI=1S/C18H13ClFN3O2/c1-18(13-5-2-11(9-21)3-6-13)16(24)23(17(25)22-18)10-12-4-7-14(20)8-15(12)19/h2-8H,10H2,1H3,(H,22,25). The lowest BCUT2D eigenvalue weighted by atomic mass is 9.91. The molecule has 0 aliphatic carbocycles. The minimum Gasteiger partial charge on any atom is -0.319 e. The third-order valence-corrected chi connectivity index (χ3v) is 4.56. The van der Waals surface area contributed by atoms with E-state index in [-0.39, 0.29) is 11.6 Å². The predicted octanol–water partition coefficient (Wildman–Crippen LogP) is 3.32. The van der Waals surface area contributed by atoms with Gasteiger partial charge in [0.1, 0.15) is 11.4 Å². The number of rotatable bonds is 3. The summed E-state index contributed by atoms with van der Waals surface area (Å²) in [5.41, 5.74) is 0.254. The van der Waals surface area contributed by atoms with Crippen LogP contribution in [-0.4, -0.2) is 16.8 Å². The average Bonchev–Trinajstić information content (AvgIpc) is 2.81. The van der Waals surface area contributed by atoms with Crippen LogP contribution in [0.1, 0.15) is 23.6 Å². The zero-order valence-corrected chi connectivity index (χ0v) is 14.0. The molecule has 1 unspecified atom stereocenters. The number of halogens is 2. The highest BCUT2D eigenvalue weighted by molar-refractivity contribution is 6.31. The van der Waals surface area contributed by atoms with Crippen LogP contribution < -0.4 is 5.32 Å². The summed E-state index contributed by atoms with van der Waals surface area (Å²) in [4.78, 5) is 26.2. The Labute approximate surface area is 148 Å². The molecule has 1 fully saturated rings. The lowest BCUT2D eigenvalue weighted by molar-refractivity contribution is -0.131. The van der Waals surface area contributed by atoms with Gasteiger partial charge in [-0.05, 0) is 42.3 Å². The van der Waals surface area contributed by atoms with Crippen molar-refractivity contribution in [1.29, 1.82) is 5.26 Å². The van der Waals surface area contributed by atoms with Crippen molar-refractivity contribution in [2.75, 3.05) is 0 Å². The van der Waals surface area contributed by atoms with Crippen molar-refractivity contribution in [3.8, 4) is 6.07 Å². The highest BCUT2D eigenvalue weighted by atomic mass is 35.5.